The molecule has 12 heteroatoms. The van der Waals surface area contributed by atoms with Crippen LogP contribution in [0.5, 0.6) is 0 Å². The summed E-state index contributed by atoms with van der Waals surface area (Å²) in [6.45, 7) is 2.71. The van der Waals surface area contributed by atoms with Crippen molar-refractivity contribution in [3.8, 4) is 0 Å². The number of aliphatic carboxylic acids is 1. The highest BCUT2D eigenvalue weighted by Crippen LogP contribution is 2.43. The van der Waals surface area contributed by atoms with Gasteiger partial charge in [-0.3, -0.25) is 23.4 Å². The number of esters is 2. The van der Waals surface area contributed by atoms with Gasteiger partial charge in [0.15, 0.2) is 6.10 Å². The van der Waals surface area contributed by atoms with Gasteiger partial charge in [-0.2, -0.15) is 0 Å². The van der Waals surface area contributed by atoms with Crippen LogP contribution in [-0.4, -0.2) is 59.9 Å². The second-order valence-corrected chi connectivity index (χ2v) is 16.3. The Hall–Kier alpha value is -2.82. The molecule has 0 aromatic rings. The number of phosphoric acid groups is 1. The molecule has 0 radical (unpaired) electrons. The summed E-state index contributed by atoms with van der Waals surface area (Å²) < 4.78 is 32.6. The van der Waals surface area contributed by atoms with Gasteiger partial charge in [0.05, 0.1) is 13.2 Å². The molecule has 0 aliphatic heterocycles. The van der Waals surface area contributed by atoms with E-state index >= 15 is 0 Å². The lowest BCUT2D eigenvalue weighted by Crippen LogP contribution is -2.34. The zero-order chi connectivity index (χ0) is 42.8. The summed E-state index contributed by atoms with van der Waals surface area (Å²) in [5.41, 5.74) is 5.33. The second-order valence-electron chi connectivity index (χ2n) is 14.8. The first-order valence-electron chi connectivity index (χ1n) is 22.3. The number of allylic oxidation sites excluding steroid dienone is 10. The molecule has 0 amide bonds. The average Bonchev–Trinajstić information content (AvgIpc) is 3.20. The first-order chi connectivity index (χ1) is 28.1. The van der Waals surface area contributed by atoms with E-state index in [-0.39, 0.29) is 19.4 Å². The first kappa shape index (κ1) is 55.2. The van der Waals surface area contributed by atoms with Gasteiger partial charge in [0.25, 0.3) is 0 Å². The van der Waals surface area contributed by atoms with Gasteiger partial charge in [0.2, 0.25) is 0 Å². The van der Waals surface area contributed by atoms with E-state index in [1.165, 1.54) is 83.5 Å². The van der Waals surface area contributed by atoms with Crippen molar-refractivity contribution in [2.45, 2.75) is 193 Å². The van der Waals surface area contributed by atoms with Gasteiger partial charge in [-0.25, -0.2) is 4.57 Å². The van der Waals surface area contributed by atoms with E-state index in [2.05, 4.69) is 67.0 Å². The number of carboxylic acid groups (broad SMARTS) is 1. The number of rotatable bonds is 41. The Balaban J connectivity index is 4.45. The van der Waals surface area contributed by atoms with E-state index in [0.29, 0.717) is 19.3 Å². The Bertz CT molecular complexity index is 1210. The number of unbranched alkanes of at least 4 members (excludes halogenated alkanes) is 17. The van der Waals surface area contributed by atoms with Crippen molar-refractivity contribution in [3.63, 3.8) is 0 Å². The highest BCUT2D eigenvalue weighted by molar-refractivity contribution is 7.47. The molecule has 0 aliphatic carbocycles. The molecular weight excluding hydrogens is 757 g/mol. The number of carboxylic acids is 1. The van der Waals surface area contributed by atoms with Crippen molar-refractivity contribution in [2.24, 2.45) is 5.73 Å². The Morgan fingerprint density at radius 3 is 1.47 bits per heavy atom. The lowest BCUT2D eigenvalue weighted by atomic mass is 10.1. The van der Waals surface area contributed by atoms with Crippen LogP contribution in [0.3, 0.4) is 0 Å². The van der Waals surface area contributed by atoms with Crippen molar-refractivity contribution in [3.05, 3.63) is 60.8 Å². The van der Waals surface area contributed by atoms with Crippen molar-refractivity contribution in [2.75, 3.05) is 19.8 Å². The predicted octanol–water partition coefficient (Wildman–Crippen LogP) is 12.0. The van der Waals surface area contributed by atoms with Crippen molar-refractivity contribution >= 4 is 25.7 Å². The highest BCUT2D eigenvalue weighted by Gasteiger charge is 2.28. The monoisotopic (exact) mass is 838 g/mol. The molecule has 1 unspecified atom stereocenters. The normalized spacial score (nSPS) is 14.3. The molecule has 334 valence electrons. The van der Waals surface area contributed by atoms with Crippen LogP contribution in [0, 0.1) is 0 Å². The quantitative estimate of drug-likeness (QED) is 0.0231. The summed E-state index contributed by atoms with van der Waals surface area (Å²) >= 11 is 0. The number of phosphoric ester groups is 1. The maximum Gasteiger partial charge on any atom is 0.472 e. The Morgan fingerprint density at radius 1 is 0.534 bits per heavy atom. The molecule has 0 aliphatic rings. The molecule has 0 bridgehead atoms. The molecule has 0 saturated heterocycles. The number of ether oxygens (including phenoxy) is 2. The topological polar surface area (TPSA) is 172 Å². The third kappa shape index (κ3) is 40.0. The van der Waals surface area contributed by atoms with E-state index in [9.17, 15) is 23.8 Å². The largest absolute Gasteiger partial charge is 0.480 e. The van der Waals surface area contributed by atoms with Crippen LogP contribution in [0.15, 0.2) is 60.8 Å². The number of carbonyl (C=O) groups excluding carboxylic acids is 2. The van der Waals surface area contributed by atoms with Crippen molar-refractivity contribution in [1.82, 2.24) is 0 Å². The standard InChI is InChI=1S/C46H80NO10P/c1-3-5-7-9-11-13-15-17-19-21-23-25-27-29-31-33-35-37-44(48)54-39-42(40-55-58(52,53)56-41-43(47)46(50)51)57-45(49)38-36-34-32-30-28-26-24-22-20-18-16-14-12-10-8-6-4-2/h12,14,17-20,24,26,30,32,42-43H,3-11,13,15-16,21-23,25,27-29,31,33-41,47H2,1-2H3,(H,50,51)(H,52,53)/b14-12-,19-17-,20-18-,26-24-,32-30-/t42-,43+/m1/s1. The highest BCUT2D eigenvalue weighted by atomic mass is 31.2. The van der Waals surface area contributed by atoms with Gasteiger partial charge in [-0.15, -0.1) is 0 Å². The summed E-state index contributed by atoms with van der Waals surface area (Å²) in [6.07, 6.45) is 47.2. The molecule has 58 heavy (non-hydrogen) atoms. The summed E-state index contributed by atoms with van der Waals surface area (Å²) in [7, 11) is -4.73. The van der Waals surface area contributed by atoms with E-state index in [4.69, 9.17) is 24.8 Å². The third-order valence-electron chi connectivity index (χ3n) is 9.24. The van der Waals surface area contributed by atoms with Crippen LogP contribution < -0.4 is 5.73 Å². The minimum Gasteiger partial charge on any atom is -0.480 e. The fourth-order valence-electron chi connectivity index (χ4n) is 5.70. The van der Waals surface area contributed by atoms with E-state index in [1.54, 1.807) is 0 Å². The summed E-state index contributed by atoms with van der Waals surface area (Å²) in [5.74, 6) is -2.46. The Kier molecular flexibility index (Phi) is 38.9. The molecule has 0 fully saturated rings. The van der Waals surface area contributed by atoms with Crippen LogP contribution in [0.4, 0.5) is 0 Å². The van der Waals surface area contributed by atoms with E-state index in [1.807, 2.05) is 12.2 Å². The number of hydrogen-bond acceptors (Lipinski definition) is 9. The van der Waals surface area contributed by atoms with E-state index in [0.717, 1.165) is 51.4 Å². The minimum absolute atomic E-state index is 0.0825. The van der Waals surface area contributed by atoms with Crippen LogP contribution in [-0.2, 0) is 37.5 Å². The molecule has 11 nitrogen and oxygen atoms in total. The van der Waals surface area contributed by atoms with Gasteiger partial charge in [-0.1, -0.05) is 152 Å². The molecule has 0 saturated carbocycles. The van der Waals surface area contributed by atoms with Crippen LogP contribution >= 0.6 is 7.82 Å². The fraction of sp³-hybridized carbons (Fsp3) is 0.717. The molecule has 3 atom stereocenters. The average molecular weight is 838 g/mol. The first-order valence-corrected chi connectivity index (χ1v) is 23.8. The van der Waals surface area contributed by atoms with E-state index < -0.39 is 51.1 Å². The third-order valence-corrected chi connectivity index (χ3v) is 10.2. The Labute approximate surface area is 351 Å². The smallest absolute Gasteiger partial charge is 0.472 e. The SMILES string of the molecule is CCCCC/C=C\C/C=C\C/C=C\C/C=C\CCCC(=O)O[C@H](COC(=O)CCCCCCCCC/C=C\CCCCCCCC)COP(=O)(O)OC[C@H](N)C(=O)O. The van der Waals surface area contributed by atoms with Crippen molar-refractivity contribution < 1.29 is 47.5 Å². The van der Waals surface area contributed by atoms with Gasteiger partial charge < -0.3 is 25.2 Å². The fourth-order valence-corrected chi connectivity index (χ4v) is 6.48. The van der Waals surface area contributed by atoms with Gasteiger partial charge in [-0.05, 0) is 77.0 Å². The number of carbonyl (C=O) groups is 3. The summed E-state index contributed by atoms with van der Waals surface area (Å²) in [4.78, 5) is 46.0. The van der Waals surface area contributed by atoms with Crippen LogP contribution in [0.1, 0.15) is 181 Å². The molecule has 0 heterocycles. The molecule has 4 N–H and O–H groups in total. The maximum atomic E-state index is 12.6. The minimum atomic E-state index is -4.73. The van der Waals surface area contributed by atoms with Crippen LogP contribution in [0.25, 0.3) is 0 Å². The van der Waals surface area contributed by atoms with Crippen LogP contribution in [0.2, 0.25) is 0 Å². The molecule has 0 rings (SSSR count). The molecule has 0 aromatic heterocycles. The molecule has 0 aromatic carbocycles. The zero-order valence-corrected chi connectivity index (χ0v) is 37.0. The van der Waals surface area contributed by atoms with Gasteiger partial charge in [0.1, 0.15) is 12.6 Å². The number of hydrogen-bond donors (Lipinski definition) is 3. The Morgan fingerprint density at radius 2 is 0.931 bits per heavy atom. The van der Waals surface area contributed by atoms with Gasteiger partial charge >= 0.3 is 25.7 Å². The van der Waals surface area contributed by atoms with Gasteiger partial charge in [0, 0.05) is 12.8 Å². The predicted molar refractivity (Wildman–Crippen MR) is 235 cm³/mol. The molecule has 0 spiro atoms. The lowest BCUT2D eigenvalue weighted by molar-refractivity contribution is -0.161. The number of nitrogens with two attached hydrogens (primary N) is 1. The molecular formula is C46H80NO10P. The lowest BCUT2D eigenvalue weighted by Gasteiger charge is -2.20. The summed E-state index contributed by atoms with van der Waals surface area (Å²) in [5, 5.41) is 8.89. The maximum absolute atomic E-state index is 12.6. The zero-order valence-electron chi connectivity index (χ0n) is 36.1. The second kappa shape index (κ2) is 40.9. The van der Waals surface area contributed by atoms with Crippen molar-refractivity contribution in [1.29, 1.82) is 0 Å². The summed E-state index contributed by atoms with van der Waals surface area (Å²) in [6, 6.07) is -1.53.